The van der Waals surface area contributed by atoms with E-state index >= 15 is 0 Å². The Kier molecular flexibility index (Phi) is 3.46. The summed E-state index contributed by atoms with van der Waals surface area (Å²) in [6.07, 6.45) is 2.63. The van der Waals surface area contributed by atoms with Crippen LogP contribution in [0.1, 0.15) is 25.8 Å². The molecule has 19 heavy (non-hydrogen) atoms. The van der Waals surface area contributed by atoms with E-state index in [1.54, 1.807) is 6.07 Å². The van der Waals surface area contributed by atoms with E-state index in [-0.39, 0.29) is 5.69 Å². The van der Waals surface area contributed by atoms with E-state index in [4.69, 9.17) is 0 Å². The smallest absolute Gasteiger partial charge is 0.328 e. The third-order valence-corrected chi connectivity index (χ3v) is 2.94. The Morgan fingerprint density at radius 1 is 1.58 bits per heavy atom. The second-order valence-corrected chi connectivity index (χ2v) is 4.23. The third kappa shape index (κ3) is 2.40. The molecule has 2 rings (SSSR count). The van der Waals surface area contributed by atoms with Gasteiger partial charge in [-0.3, -0.25) is 14.8 Å². The van der Waals surface area contributed by atoms with Crippen LogP contribution < -0.4 is 0 Å². The van der Waals surface area contributed by atoms with Crippen molar-refractivity contribution in [2.24, 2.45) is 0 Å². The minimum atomic E-state index is -0.988. The van der Waals surface area contributed by atoms with Crippen molar-refractivity contribution >= 4 is 22.6 Å². The first-order chi connectivity index (χ1) is 9.04. The summed E-state index contributed by atoms with van der Waals surface area (Å²) in [7, 11) is 0. The Hall–Kier alpha value is -2.44. The number of nitro groups is 1. The molecule has 0 bridgehead atoms. The van der Waals surface area contributed by atoms with Crippen molar-refractivity contribution in [2.75, 3.05) is 0 Å². The molecule has 0 spiro atoms. The standard InChI is InChI=1S/C12H13N3O4/c1-2-3-10(12(16)17)14-11-6-9(15(18)19)5-4-8(11)7-13-14/h4-7,10H,2-3H2,1H3,(H,16,17). The zero-order valence-electron chi connectivity index (χ0n) is 10.3. The quantitative estimate of drug-likeness (QED) is 0.659. The molecular formula is C12H13N3O4. The molecule has 1 N–H and O–H groups in total. The first-order valence-corrected chi connectivity index (χ1v) is 5.89. The molecule has 0 saturated carbocycles. The first-order valence-electron chi connectivity index (χ1n) is 5.89. The van der Waals surface area contributed by atoms with Crippen LogP contribution in [0.3, 0.4) is 0 Å². The number of non-ortho nitro benzene ring substituents is 1. The topological polar surface area (TPSA) is 98.3 Å². The van der Waals surface area contributed by atoms with Crippen molar-refractivity contribution in [3.05, 3.63) is 34.5 Å². The molecule has 7 nitrogen and oxygen atoms in total. The van der Waals surface area contributed by atoms with Gasteiger partial charge in [-0.05, 0) is 12.5 Å². The highest BCUT2D eigenvalue weighted by Gasteiger charge is 2.22. The van der Waals surface area contributed by atoms with Crippen LogP contribution in [-0.4, -0.2) is 25.8 Å². The number of nitrogens with zero attached hydrogens (tertiary/aromatic N) is 3. The number of carboxylic acid groups (broad SMARTS) is 1. The number of nitro benzene ring substituents is 1. The molecule has 1 aromatic heterocycles. The summed E-state index contributed by atoms with van der Waals surface area (Å²) in [5, 5.41) is 24.7. The summed E-state index contributed by atoms with van der Waals surface area (Å²) >= 11 is 0. The van der Waals surface area contributed by atoms with E-state index in [9.17, 15) is 20.0 Å². The summed E-state index contributed by atoms with van der Waals surface area (Å²) < 4.78 is 1.34. The van der Waals surface area contributed by atoms with Crippen LogP contribution in [-0.2, 0) is 4.79 Å². The molecule has 0 radical (unpaired) electrons. The lowest BCUT2D eigenvalue weighted by Crippen LogP contribution is -2.19. The number of aliphatic carboxylic acids is 1. The number of carbonyl (C=O) groups is 1. The number of hydrogen-bond donors (Lipinski definition) is 1. The largest absolute Gasteiger partial charge is 0.480 e. The van der Waals surface area contributed by atoms with Gasteiger partial charge in [0.05, 0.1) is 16.6 Å². The molecular weight excluding hydrogens is 250 g/mol. The summed E-state index contributed by atoms with van der Waals surface area (Å²) in [6.45, 7) is 1.88. The zero-order chi connectivity index (χ0) is 14.0. The molecule has 2 aromatic rings. The van der Waals surface area contributed by atoms with Gasteiger partial charge in [0.1, 0.15) is 6.04 Å². The van der Waals surface area contributed by atoms with Gasteiger partial charge in [0.15, 0.2) is 0 Å². The number of rotatable bonds is 5. The monoisotopic (exact) mass is 263 g/mol. The Balaban J connectivity index is 2.56. The number of carboxylic acids is 1. The third-order valence-electron chi connectivity index (χ3n) is 2.94. The Bertz CT molecular complexity index is 635. The van der Waals surface area contributed by atoms with E-state index in [0.717, 1.165) is 0 Å². The van der Waals surface area contributed by atoms with E-state index in [1.807, 2.05) is 6.92 Å². The first kappa shape index (κ1) is 13.0. The maximum absolute atomic E-state index is 11.3. The van der Waals surface area contributed by atoms with Crippen molar-refractivity contribution in [3.63, 3.8) is 0 Å². The lowest BCUT2D eigenvalue weighted by atomic mass is 10.1. The van der Waals surface area contributed by atoms with Crippen LogP contribution in [0.25, 0.3) is 10.9 Å². The van der Waals surface area contributed by atoms with E-state index < -0.39 is 16.9 Å². The number of benzene rings is 1. The molecule has 0 aliphatic heterocycles. The highest BCUT2D eigenvalue weighted by atomic mass is 16.6. The molecule has 1 unspecified atom stereocenters. The predicted molar refractivity (Wildman–Crippen MR) is 68.0 cm³/mol. The Morgan fingerprint density at radius 3 is 2.89 bits per heavy atom. The highest BCUT2D eigenvalue weighted by Crippen LogP contribution is 2.25. The molecule has 0 fully saturated rings. The van der Waals surface area contributed by atoms with Gasteiger partial charge < -0.3 is 5.11 Å². The van der Waals surface area contributed by atoms with Crippen molar-refractivity contribution in [3.8, 4) is 0 Å². The van der Waals surface area contributed by atoms with Gasteiger partial charge in [0.25, 0.3) is 5.69 Å². The van der Waals surface area contributed by atoms with Crippen LogP contribution in [0, 0.1) is 10.1 Å². The average Bonchev–Trinajstić information content (AvgIpc) is 2.78. The van der Waals surface area contributed by atoms with Crippen LogP contribution in [0.4, 0.5) is 5.69 Å². The fraction of sp³-hybridized carbons (Fsp3) is 0.333. The van der Waals surface area contributed by atoms with Crippen molar-refractivity contribution in [2.45, 2.75) is 25.8 Å². The lowest BCUT2D eigenvalue weighted by molar-refractivity contribution is -0.384. The van der Waals surface area contributed by atoms with Crippen molar-refractivity contribution < 1.29 is 14.8 Å². The van der Waals surface area contributed by atoms with Gasteiger partial charge in [-0.1, -0.05) is 13.3 Å². The zero-order valence-corrected chi connectivity index (χ0v) is 10.3. The van der Waals surface area contributed by atoms with E-state index in [1.165, 1.54) is 23.0 Å². The molecule has 7 heteroatoms. The normalized spacial score (nSPS) is 12.5. The molecule has 0 aliphatic rings. The highest BCUT2D eigenvalue weighted by molar-refractivity contribution is 5.83. The molecule has 100 valence electrons. The number of hydrogen-bond acceptors (Lipinski definition) is 4. The Labute approximate surface area is 108 Å². The summed E-state index contributed by atoms with van der Waals surface area (Å²) in [6, 6.07) is 3.50. The van der Waals surface area contributed by atoms with Gasteiger partial charge in [-0.15, -0.1) is 0 Å². The summed E-state index contributed by atoms with van der Waals surface area (Å²) in [5.74, 6) is -0.988. The lowest BCUT2D eigenvalue weighted by Gasteiger charge is -2.12. The SMILES string of the molecule is CCCC(C(=O)O)n1ncc2ccc([N+](=O)[O-])cc21. The fourth-order valence-corrected chi connectivity index (χ4v) is 2.01. The molecule has 0 aliphatic carbocycles. The van der Waals surface area contributed by atoms with Crippen molar-refractivity contribution in [1.29, 1.82) is 0 Å². The molecule has 0 saturated heterocycles. The number of fused-ring (bicyclic) bond motifs is 1. The summed E-state index contributed by atoms with van der Waals surface area (Å²) in [4.78, 5) is 21.5. The average molecular weight is 263 g/mol. The Morgan fingerprint density at radius 2 is 2.32 bits per heavy atom. The van der Waals surface area contributed by atoms with Gasteiger partial charge in [0.2, 0.25) is 0 Å². The maximum atomic E-state index is 11.3. The minimum absolute atomic E-state index is 0.0742. The fourth-order valence-electron chi connectivity index (χ4n) is 2.01. The maximum Gasteiger partial charge on any atom is 0.328 e. The van der Waals surface area contributed by atoms with Crippen LogP contribution in [0.15, 0.2) is 24.4 Å². The number of aromatic nitrogens is 2. The van der Waals surface area contributed by atoms with Crippen LogP contribution >= 0.6 is 0 Å². The van der Waals surface area contributed by atoms with E-state index in [0.29, 0.717) is 23.7 Å². The molecule has 1 atom stereocenters. The van der Waals surface area contributed by atoms with Crippen molar-refractivity contribution in [1.82, 2.24) is 9.78 Å². The van der Waals surface area contributed by atoms with Gasteiger partial charge >= 0.3 is 5.97 Å². The summed E-state index contributed by atoms with van der Waals surface area (Å²) in [5.41, 5.74) is 0.393. The predicted octanol–water partition coefficient (Wildman–Crippen LogP) is 2.37. The van der Waals surface area contributed by atoms with Gasteiger partial charge in [-0.25, -0.2) is 4.79 Å². The minimum Gasteiger partial charge on any atom is -0.480 e. The molecule has 1 heterocycles. The molecule has 1 aromatic carbocycles. The van der Waals surface area contributed by atoms with Gasteiger partial charge in [0, 0.05) is 17.5 Å². The second kappa shape index (κ2) is 5.05. The van der Waals surface area contributed by atoms with Crippen LogP contribution in [0.2, 0.25) is 0 Å². The van der Waals surface area contributed by atoms with Crippen LogP contribution in [0.5, 0.6) is 0 Å². The second-order valence-electron chi connectivity index (χ2n) is 4.23. The van der Waals surface area contributed by atoms with E-state index in [2.05, 4.69) is 5.10 Å². The van der Waals surface area contributed by atoms with Gasteiger partial charge in [-0.2, -0.15) is 5.10 Å². The molecule has 0 amide bonds.